The van der Waals surface area contributed by atoms with Gasteiger partial charge in [0.1, 0.15) is 5.00 Å². The Morgan fingerprint density at radius 3 is 2.41 bits per heavy atom. The Morgan fingerprint density at radius 2 is 1.78 bits per heavy atom. The van der Waals surface area contributed by atoms with Crippen LogP contribution >= 0.6 is 27.3 Å². The number of halogens is 1. The van der Waals surface area contributed by atoms with E-state index < -0.39 is 21.9 Å². The van der Waals surface area contributed by atoms with Gasteiger partial charge in [-0.25, -0.2) is 8.42 Å². The zero-order chi connectivity index (χ0) is 19.6. The Bertz CT molecular complexity index is 1060. The Morgan fingerprint density at radius 1 is 1.15 bits per heavy atom. The van der Waals surface area contributed by atoms with Crippen molar-refractivity contribution in [3.05, 3.63) is 59.1 Å². The molecule has 0 saturated heterocycles. The highest BCUT2D eigenvalue weighted by molar-refractivity contribution is 9.10. The van der Waals surface area contributed by atoms with Crippen molar-refractivity contribution in [2.24, 2.45) is 5.92 Å². The lowest BCUT2D eigenvalue weighted by molar-refractivity contribution is -0.144. The van der Waals surface area contributed by atoms with Crippen LogP contribution in [0.25, 0.3) is 10.1 Å². The molecule has 2 aromatic carbocycles. The molecule has 0 aliphatic heterocycles. The van der Waals surface area contributed by atoms with Gasteiger partial charge in [0, 0.05) is 16.6 Å². The number of benzene rings is 2. The van der Waals surface area contributed by atoms with Crippen LogP contribution in [0.3, 0.4) is 0 Å². The Balaban J connectivity index is 2.15. The van der Waals surface area contributed by atoms with E-state index in [1.165, 1.54) is 22.8 Å². The molecular formula is C19H18BrNO4S2. The summed E-state index contributed by atoms with van der Waals surface area (Å²) < 4.78 is 34.5. The molecule has 0 aliphatic carbocycles. The van der Waals surface area contributed by atoms with Crippen LogP contribution in [0.15, 0.2) is 64.0 Å². The van der Waals surface area contributed by atoms with Crippen molar-refractivity contribution in [1.82, 2.24) is 0 Å². The molecule has 1 unspecified atom stereocenters. The quantitative estimate of drug-likeness (QED) is 0.494. The van der Waals surface area contributed by atoms with E-state index in [4.69, 9.17) is 4.74 Å². The van der Waals surface area contributed by atoms with E-state index in [9.17, 15) is 13.2 Å². The van der Waals surface area contributed by atoms with E-state index in [0.29, 0.717) is 9.47 Å². The lowest BCUT2D eigenvalue weighted by Gasteiger charge is -2.25. The lowest BCUT2D eigenvalue weighted by Crippen LogP contribution is -2.37. The topological polar surface area (TPSA) is 63.7 Å². The molecule has 8 heteroatoms. The summed E-state index contributed by atoms with van der Waals surface area (Å²) in [5.41, 5.74) is 0. The number of sulfonamides is 1. The molecule has 1 heterocycles. The average molecular weight is 468 g/mol. The van der Waals surface area contributed by atoms with Gasteiger partial charge in [-0.15, -0.1) is 11.3 Å². The molecule has 142 valence electrons. The number of hydrogen-bond donors (Lipinski definition) is 0. The average Bonchev–Trinajstić information content (AvgIpc) is 3.02. The first-order valence-electron chi connectivity index (χ1n) is 8.19. The van der Waals surface area contributed by atoms with E-state index in [0.717, 1.165) is 10.1 Å². The van der Waals surface area contributed by atoms with Crippen molar-refractivity contribution in [3.8, 4) is 0 Å². The van der Waals surface area contributed by atoms with E-state index in [1.54, 1.807) is 37.3 Å². The van der Waals surface area contributed by atoms with Gasteiger partial charge in [-0.05, 0) is 34.1 Å². The number of anilines is 1. The second-order valence-corrected chi connectivity index (χ2v) is 9.68. The Kier molecular flexibility index (Phi) is 5.88. The second kappa shape index (κ2) is 8.00. The number of hydrogen-bond acceptors (Lipinski definition) is 5. The van der Waals surface area contributed by atoms with E-state index in [1.807, 2.05) is 24.3 Å². The van der Waals surface area contributed by atoms with Crippen LogP contribution in [0.1, 0.15) is 6.92 Å². The third-order valence-corrected chi connectivity index (χ3v) is 8.27. The summed E-state index contributed by atoms with van der Waals surface area (Å²) in [6, 6.07) is 15.9. The van der Waals surface area contributed by atoms with E-state index in [2.05, 4.69) is 15.9 Å². The van der Waals surface area contributed by atoms with Gasteiger partial charge in [0.05, 0.1) is 22.4 Å². The summed E-state index contributed by atoms with van der Waals surface area (Å²) in [6.45, 7) is 1.63. The van der Waals surface area contributed by atoms with Crippen molar-refractivity contribution in [1.29, 1.82) is 0 Å². The smallest absolute Gasteiger partial charge is 0.310 e. The molecule has 27 heavy (non-hydrogen) atoms. The summed E-state index contributed by atoms with van der Waals surface area (Å²) in [5.74, 6) is -1.08. The summed E-state index contributed by atoms with van der Waals surface area (Å²) in [7, 11) is -2.56. The molecule has 5 nitrogen and oxygen atoms in total. The fraction of sp³-hybridized carbons (Fsp3) is 0.211. The standard InChI is InChI=1S/C19H18BrNO4S2/c1-13(19(22)25-2)12-21(27(23,24)14-8-4-3-5-9-14)18-17(20)15-10-6-7-11-16(15)26-18/h3-11,13H,12H2,1-2H3. The normalized spacial score (nSPS) is 12.7. The van der Waals surface area contributed by atoms with Crippen LogP contribution in [-0.4, -0.2) is 28.0 Å². The minimum atomic E-state index is -3.86. The third kappa shape index (κ3) is 3.88. The number of carbonyl (C=O) groups excluding carboxylic acids is 1. The van der Waals surface area contributed by atoms with Crippen molar-refractivity contribution in [3.63, 3.8) is 0 Å². The predicted molar refractivity (Wildman–Crippen MR) is 112 cm³/mol. The van der Waals surface area contributed by atoms with Gasteiger partial charge in [0.25, 0.3) is 10.0 Å². The molecule has 0 aliphatic rings. The number of nitrogens with zero attached hydrogens (tertiary/aromatic N) is 1. The number of ether oxygens (including phenoxy) is 1. The summed E-state index contributed by atoms with van der Waals surface area (Å²) in [6.07, 6.45) is 0. The molecule has 0 N–H and O–H groups in total. The zero-order valence-electron chi connectivity index (χ0n) is 14.8. The summed E-state index contributed by atoms with van der Waals surface area (Å²) in [4.78, 5) is 12.1. The van der Waals surface area contributed by atoms with Crippen LogP contribution in [0, 0.1) is 5.92 Å². The highest BCUT2D eigenvalue weighted by Gasteiger charge is 2.32. The van der Waals surface area contributed by atoms with E-state index in [-0.39, 0.29) is 11.4 Å². The number of carbonyl (C=O) groups is 1. The maximum absolute atomic E-state index is 13.4. The van der Waals surface area contributed by atoms with Crippen LogP contribution in [0.2, 0.25) is 0 Å². The number of fused-ring (bicyclic) bond motifs is 1. The highest BCUT2D eigenvalue weighted by atomic mass is 79.9. The number of rotatable bonds is 6. The van der Waals surface area contributed by atoms with Crippen LogP contribution in [0.5, 0.6) is 0 Å². The number of esters is 1. The van der Waals surface area contributed by atoms with Gasteiger partial charge in [0.2, 0.25) is 0 Å². The molecular weight excluding hydrogens is 450 g/mol. The van der Waals surface area contributed by atoms with Crippen molar-refractivity contribution < 1.29 is 17.9 Å². The summed E-state index contributed by atoms with van der Waals surface area (Å²) >= 11 is 4.91. The molecule has 1 atom stereocenters. The van der Waals surface area contributed by atoms with Crippen LogP contribution < -0.4 is 4.31 Å². The highest BCUT2D eigenvalue weighted by Crippen LogP contribution is 2.44. The fourth-order valence-corrected chi connectivity index (χ4v) is 6.65. The van der Waals surface area contributed by atoms with Gasteiger partial charge in [-0.1, -0.05) is 43.3 Å². The van der Waals surface area contributed by atoms with Crippen LogP contribution in [-0.2, 0) is 19.6 Å². The summed E-state index contributed by atoms with van der Waals surface area (Å²) in [5, 5.41) is 1.47. The molecule has 0 spiro atoms. The number of thiophene rings is 1. The maximum Gasteiger partial charge on any atom is 0.310 e. The largest absolute Gasteiger partial charge is 0.469 e. The fourth-order valence-electron chi connectivity index (χ4n) is 2.70. The molecule has 0 fully saturated rings. The van der Waals surface area contributed by atoms with Gasteiger partial charge in [0.15, 0.2) is 0 Å². The first-order valence-corrected chi connectivity index (χ1v) is 11.2. The lowest BCUT2D eigenvalue weighted by atomic mass is 10.2. The van der Waals surface area contributed by atoms with Crippen molar-refractivity contribution >= 4 is 58.3 Å². The molecule has 0 radical (unpaired) electrons. The van der Waals surface area contributed by atoms with Gasteiger partial charge in [-0.2, -0.15) is 0 Å². The maximum atomic E-state index is 13.4. The second-order valence-electron chi connectivity index (χ2n) is 5.99. The van der Waals surface area contributed by atoms with Gasteiger partial charge in [-0.3, -0.25) is 9.10 Å². The minimum Gasteiger partial charge on any atom is -0.469 e. The van der Waals surface area contributed by atoms with Crippen LogP contribution in [0.4, 0.5) is 5.00 Å². The Labute approximate surface area is 170 Å². The molecule has 3 aromatic rings. The first kappa shape index (κ1) is 19.9. The van der Waals surface area contributed by atoms with E-state index >= 15 is 0 Å². The SMILES string of the molecule is COC(=O)C(C)CN(c1sc2ccccc2c1Br)S(=O)(=O)c1ccccc1. The molecule has 0 bridgehead atoms. The first-order chi connectivity index (χ1) is 12.9. The van der Waals surface area contributed by atoms with Crippen molar-refractivity contribution in [2.45, 2.75) is 11.8 Å². The third-order valence-electron chi connectivity index (χ3n) is 4.12. The number of methoxy groups -OCH3 is 1. The molecule has 1 aromatic heterocycles. The molecule has 3 rings (SSSR count). The molecule has 0 amide bonds. The van der Waals surface area contributed by atoms with Gasteiger partial charge < -0.3 is 4.74 Å². The van der Waals surface area contributed by atoms with Gasteiger partial charge >= 0.3 is 5.97 Å². The monoisotopic (exact) mass is 467 g/mol. The van der Waals surface area contributed by atoms with Crippen molar-refractivity contribution in [2.75, 3.05) is 18.0 Å². The Hall–Kier alpha value is -1.90. The minimum absolute atomic E-state index is 0.0185. The molecule has 0 saturated carbocycles. The zero-order valence-corrected chi connectivity index (χ0v) is 18.0. The predicted octanol–water partition coefficient (Wildman–Crippen LogP) is 4.67.